The summed E-state index contributed by atoms with van der Waals surface area (Å²) >= 11 is 0. The summed E-state index contributed by atoms with van der Waals surface area (Å²) in [6.45, 7) is 17.2. The fourth-order valence-electron chi connectivity index (χ4n) is 4.08. The lowest BCUT2D eigenvalue weighted by Crippen LogP contribution is -2.01. The van der Waals surface area contributed by atoms with Crippen LogP contribution in [0.25, 0.3) is 0 Å². The van der Waals surface area contributed by atoms with Crippen molar-refractivity contribution >= 4 is 0 Å². The van der Waals surface area contributed by atoms with Crippen molar-refractivity contribution in [2.45, 2.75) is 39.5 Å². The number of hydrogen-bond donors (Lipinski definition) is 0. The SMILES string of the molecule is C/C=C1/CC2C=CC1C2.C=C.C=CC.C=CC1CC2C=CC1C2. The van der Waals surface area contributed by atoms with Gasteiger partial charge in [0.05, 0.1) is 0 Å². The third-order valence-corrected chi connectivity index (χ3v) is 5.15. The lowest BCUT2D eigenvalue weighted by molar-refractivity contribution is 0.551. The molecule has 4 aliphatic rings. The molecule has 0 aromatic rings. The molecule has 0 aliphatic heterocycles. The molecule has 0 amide bonds. The second-order valence-electron chi connectivity index (χ2n) is 6.64. The molecule has 126 valence electrons. The molecule has 0 radical (unpaired) electrons. The molecule has 0 aromatic carbocycles. The van der Waals surface area contributed by atoms with Crippen molar-refractivity contribution < 1.29 is 0 Å². The molecular formula is C23H34. The summed E-state index contributed by atoms with van der Waals surface area (Å²) in [4.78, 5) is 0. The van der Waals surface area contributed by atoms with Crippen LogP contribution in [0.15, 0.2) is 74.4 Å². The van der Waals surface area contributed by atoms with E-state index in [1.165, 1.54) is 25.7 Å². The molecule has 0 heterocycles. The van der Waals surface area contributed by atoms with Crippen LogP contribution in [-0.2, 0) is 0 Å². The molecule has 0 nitrogen and oxygen atoms in total. The smallest absolute Gasteiger partial charge is 0.00174 e. The molecule has 4 aliphatic carbocycles. The van der Waals surface area contributed by atoms with Crippen LogP contribution in [0.3, 0.4) is 0 Å². The molecule has 0 aromatic heterocycles. The minimum Gasteiger partial charge on any atom is -0.106 e. The summed E-state index contributed by atoms with van der Waals surface area (Å²) in [6, 6.07) is 0. The molecule has 0 saturated heterocycles. The molecule has 0 spiro atoms. The van der Waals surface area contributed by atoms with Crippen molar-refractivity contribution in [3.8, 4) is 0 Å². The average molecular weight is 311 g/mol. The van der Waals surface area contributed by atoms with Gasteiger partial charge in [0.2, 0.25) is 0 Å². The lowest BCUT2D eigenvalue weighted by atomic mass is 9.94. The van der Waals surface area contributed by atoms with Crippen molar-refractivity contribution in [1.29, 1.82) is 0 Å². The van der Waals surface area contributed by atoms with Crippen LogP contribution in [0, 0.1) is 29.6 Å². The Bertz CT molecular complexity index is 462. The van der Waals surface area contributed by atoms with Gasteiger partial charge in [0.15, 0.2) is 0 Å². The monoisotopic (exact) mass is 310 g/mol. The van der Waals surface area contributed by atoms with Gasteiger partial charge < -0.3 is 0 Å². The first-order chi connectivity index (χ1) is 11.2. The second kappa shape index (κ2) is 10.3. The van der Waals surface area contributed by atoms with E-state index in [4.69, 9.17) is 0 Å². The number of rotatable bonds is 1. The Balaban J connectivity index is 0.000000181. The predicted molar refractivity (Wildman–Crippen MR) is 105 cm³/mol. The largest absolute Gasteiger partial charge is 0.106 e. The van der Waals surface area contributed by atoms with E-state index in [1.807, 2.05) is 6.92 Å². The summed E-state index contributed by atoms with van der Waals surface area (Å²) in [6.07, 6.45) is 21.1. The topological polar surface area (TPSA) is 0 Å². The molecule has 2 saturated carbocycles. The van der Waals surface area contributed by atoms with Gasteiger partial charge in [-0.05, 0) is 69.1 Å². The van der Waals surface area contributed by atoms with E-state index in [-0.39, 0.29) is 0 Å². The van der Waals surface area contributed by atoms with Crippen LogP contribution in [0.5, 0.6) is 0 Å². The zero-order chi connectivity index (χ0) is 17.2. The minimum atomic E-state index is 0.806. The third-order valence-electron chi connectivity index (χ3n) is 5.15. The molecular weight excluding hydrogens is 276 g/mol. The maximum Gasteiger partial charge on any atom is -0.00174 e. The van der Waals surface area contributed by atoms with Crippen LogP contribution in [0.2, 0.25) is 0 Å². The van der Waals surface area contributed by atoms with E-state index in [9.17, 15) is 0 Å². The Labute approximate surface area is 144 Å². The maximum absolute atomic E-state index is 3.83. The summed E-state index contributed by atoms with van der Waals surface area (Å²) < 4.78 is 0. The van der Waals surface area contributed by atoms with Gasteiger partial charge in [-0.1, -0.05) is 48.1 Å². The number of allylic oxidation sites excluding steroid dienone is 8. The Kier molecular flexibility index (Phi) is 8.69. The quantitative estimate of drug-likeness (QED) is 0.462. The van der Waals surface area contributed by atoms with Crippen molar-refractivity contribution in [2.75, 3.05) is 0 Å². The average Bonchev–Trinajstić information content (AvgIpc) is 3.37. The van der Waals surface area contributed by atoms with Gasteiger partial charge in [-0.15, -0.1) is 26.3 Å². The van der Waals surface area contributed by atoms with Crippen LogP contribution in [-0.4, -0.2) is 0 Å². The van der Waals surface area contributed by atoms with Gasteiger partial charge in [-0.3, -0.25) is 0 Å². The fraction of sp³-hybridized carbons (Fsp3) is 0.478. The lowest BCUT2D eigenvalue weighted by Gasteiger charge is -2.11. The molecule has 5 atom stereocenters. The van der Waals surface area contributed by atoms with Crippen LogP contribution >= 0.6 is 0 Å². The van der Waals surface area contributed by atoms with Crippen LogP contribution < -0.4 is 0 Å². The maximum atomic E-state index is 3.83. The molecule has 4 rings (SSSR count). The van der Waals surface area contributed by atoms with Crippen molar-refractivity contribution in [2.24, 2.45) is 29.6 Å². The van der Waals surface area contributed by atoms with E-state index in [2.05, 4.69) is 69.7 Å². The molecule has 2 fully saturated rings. The number of hydrogen-bond acceptors (Lipinski definition) is 0. The highest BCUT2D eigenvalue weighted by molar-refractivity contribution is 5.26. The molecule has 0 heteroatoms. The third kappa shape index (κ3) is 5.23. The first-order valence-electron chi connectivity index (χ1n) is 8.93. The first-order valence-corrected chi connectivity index (χ1v) is 8.93. The van der Waals surface area contributed by atoms with E-state index in [0.29, 0.717) is 0 Å². The van der Waals surface area contributed by atoms with E-state index >= 15 is 0 Å². The standard InChI is InChI=1S/2C9H12.C3H6.C2H4/c2*1-2-8-5-7-3-4-9(8)6-7;1-3-2;1-2/h2-4,7,9H,5-6H2,1H3;2-4,7-9H,1,5-6H2;3H,1H2,2H3;1-2H2/b8-2-;;;. The van der Waals surface area contributed by atoms with Gasteiger partial charge in [0.25, 0.3) is 0 Å². The number of fused-ring (bicyclic) bond motifs is 4. The van der Waals surface area contributed by atoms with Gasteiger partial charge in [-0.2, -0.15) is 0 Å². The Morgan fingerprint density at radius 1 is 0.913 bits per heavy atom. The zero-order valence-electron chi connectivity index (χ0n) is 15.1. The van der Waals surface area contributed by atoms with Gasteiger partial charge in [0.1, 0.15) is 0 Å². The molecule has 0 N–H and O–H groups in total. The van der Waals surface area contributed by atoms with Crippen molar-refractivity contribution in [3.05, 3.63) is 74.4 Å². The fourth-order valence-corrected chi connectivity index (χ4v) is 4.08. The Morgan fingerprint density at radius 3 is 1.83 bits per heavy atom. The van der Waals surface area contributed by atoms with E-state index < -0.39 is 0 Å². The van der Waals surface area contributed by atoms with Crippen LogP contribution in [0.4, 0.5) is 0 Å². The summed E-state index contributed by atoms with van der Waals surface area (Å²) in [7, 11) is 0. The Morgan fingerprint density at radius 2 is 1.57 bits per heavy atom. The normalized spacial score (nSPS) is 35.6. The van der Waals surface area contributed by atoms with E-state index in [1.54, 1.807) is 11.6 Å². The van der Waals surface area contributed by atoms with Gasteiger partial charge in [-0.25, -0.2) is 0 Å². The highest BCUT2D eigenvalue weighted by atomic mass is 14.4. The second-order valence-corrected chi connectivity index (χ2v) is 6.64. The summed E-state index contributed by atoms with van der Waals surface area (Å²) in [5.41, 5.74) is 1.67. The van der Waals surface area contributed by atoms with Gasteiger partial charge in [0, 0.05) is 0 Å². The first kappa shape index (κ1) is 19.5. The Hall–Kier alpha value is -1.56. The summed E-state index contributed by atoms with van der Waals surface area (Å²) in [5, 5.41) is 0. The zero-order valence-corrected chi connectivity index (χ0v) is 15.1. The predicted octanol–water partition coefficient (Wildman–Crippen LogP) is 6.91. The summed E-state index contributed by atoms with van der Waals surface area (Å²) in [5.74, 6) is 4.30. The minimum absolute atomic E-state index is 0.806. The highest BCUT2D eigenvalue weighted by Gasteiger charge is 2.33. The molecule has 23 heavy (non-hydrogen) atoms. The van der Waals surface area contributed by atoms with Gasteiger partial charge >= 0.3 is 0 Å². The van der Waals surface area contributed by atoms with E-state index in [0.717, 1.165) is 29.6 Å². The van der Waals surface area contributed by atoms with Crippen LogP contribution in [0.1, 0.15) is 39.5 Å². The highest BCUT2D eigenvalue weighted by Crippen LogP contribution is 2.43. The molecule has 5 unspecified atom stereocenters. The molecule has 4 bridgehead atoms. The van der Waals surface area contributed by atoms with Crippen molar-refractivity contribution in [3.63, 3.8) is 0 Å². The van der Waals surface area contributed by atoms with Crippen molar-refractivity contribution in [1.82, 2.24) is 0 Å².